The number of pyridine rings is 1. The van der Waals surface area contributed by atoms with Crippen LogP contribution in [0, 0.1) is 0 Å². The molecule has 8 aromatic carbocycles. The summed E-state index contributed by atoms with van der Waals surface area (Å²) >= 11 is 0. The van der Waals surface area contributed by atoms with E-state index in [1.165, 1.54) is 21.9 Å². The number of fused-ring (bicyclic) bond motifs is 6. The first kappa shape index (κ1) is 32.0. The van der Waals surface area contributed by atoms with Crippen LogP contribution in [0.5, 0.6) is 0 Å². The summed E-state index contributed by atoms with van der Waals surface area (Å²) in [5.41, 5.74) is 16.1. The van der Waals surface area contributed by atoms with Gasteiger partial charge in [0, 0.05) is 56.2 Å². The molecule has 0 aliphatic heterocycles. The van der Waals surface area contributed by atoms with Crippen LogP contribution in [0.2, 0.25) is 0 Å². The molecule has 0 saturated carbocycles. The normalized spacial score (nSPS) is 11.6. The van der Waals surface area contributed by atoms with E-state index in [9.17, 15) is 0 Å². The van der Waals surface area contributed by atoms with Crippen molar-refractivity contribution in [2.75, 3.05) is 0 Å². The SMILES string of the molecule is c1ccc(-c2ccc3c4ccccc4n(-c4cccc5c4oc4c(-c6ccccc6)ccc(-c6c(-c7ccccc7)cncc6-c6ccccc6)c45)c3c2)cc1. The van der Waals surface area contributed by atoms with Crippen molar-refractivity contribution in [3.63, 3.8) is 0 Å². The van der Waals surface area contributed by atoms with Crippen LogP contribution in [-0.2, 0) is 0 Å². The summed E-state index contributed by atoms with van der Waals surface area (Å²) in [5, 5.41) is 4.55. The molecule has 0 radical (unpaired) electrons. The topological polar surface area (TPSA) is 31.0 Å². The maximum atomic E-state index is 7.32. The summed E-state index contributed by atoms with van der Waals surface area (Å²) in [6.45, 7) is 0. The van der Waals surface area contributed by atoms with E-state index < -0.39 is 0 Å². The largest absolute Gasteiger partial charge is 0.453 e. The lowest BCUT2D eigenvalue weighted by molar-refractivity contribution is 0.667. The Bertz CT molecular complexity index is 3160. The third kappa shape index (κ3) is 5.09. The third-order valence-corrected chi connectivity index (χ3v) is 11.1. The average Bonchev–Trinajstić information content (AvgIpc) is 3.83. The highest BCUT2D eigenvalue weighted by Gasteiger charge is 2.25. The van der Waals surface area contributed by atoms with E-state index in [0.717, 1.165) is 83.2 Å². The molecule has 262 valence electrons. The molecule has 0 bridgehead atoms. The Kier molecular flexibility index (Phi) is 7.49. The second-order valence-corrected chi connectivity index (χ2v) is 14.3. The molecular weight excluding hydrogens is 681 g/mol. The van der Waals surface area contributed by atoms with Gasteiger partial charge in [-0.2, -0.15) is 0 Å². The number of nitrogens with zero attached hydrogens (tertiary/aromatic N) is 2. The van der Waals surface area contributed by atoms with Crippen LogP contribution in [0.3, 0.4) is 0 Å². The molecule has 3 heterocycles. The van der Waals surface area contributed by atoms with Crippen molar-refractivity contribution in [1.82, 2.24) is 9.55 Å². The number of para-hydroxylation sites is 2. The molecule has 0 atom stereocenters. The number of furan rings is 1. The predicted octanol–water partition coefficient (Wildman–Crippen LogP) is 14.4. The summed E-state index contributed by atoms with van der Waals surface area (Å²) in [6.07, 6.45) is 4.01. The Morgan fingerprint density at radius 1 is 0.357 bits per heavy atom. The van der Waals surface area contributed by atoms with Crippen molar-refractivity contribution in [3.05, 3.63) is 207 Å². The molecule has 0 aliphatic carbocycles. The smallest absolute Gasteiger partial charge is 0.159 e. The molecule has 11 aromatic rings. The van der Waals surface area contributed by atoms with Crippen LogP contribution in [-0.4, -0.2) is 9.55 Å². The highest BCUT2D eigenvalue weighted by Crippen LogP contribution is 2.48. The van der Waals surface area contributed by atoms with Gasteiger partial charge in [-0.25, -0.2) is 0 Å². The van der Waals surface area contributed by atoms with Crippen molar-refractivity contribution < 1.29 is 4.42 Å². The van der Waals surface area contributed by atoms with Crippen LogP contribution in [0.4, 0.5) is 0 Å². The van der Waals surface area contributed by atoms with Crippen molar-refractivity contribution in [3.8, 4) is 61.3 Å². The summed E-state index contributed by atoms with van der Waals surface area (Å²) in [5.74, 6) is 0. The average molecular weight is 715 g/mol. The van der Waals surface area contributed by atoms with Crippen molar-refractivity contribution in [1.29, 1.82) is 0 Å². The van der Waals surface area contributed by atoms with Gasteiger partial charge in [0.2, 0.25) is 0 Å². The minimum Gasteiger partial charge on any atom is -0.453 e. The van der Waals surface area contributed by atoms with E-state index in [0.29, 0.717) is 0 Å². The lowest BCUT2D eigenvalue weighted by Gasteiger charge is -2.17. The van der Waals surface area contributed by atoms with Gasteiger partial charge < -0.3 is 8.98 Å². The third-order valence-electron chi connectivity index (χ3n) is 11.1. The summed E-state index contributed by atoms with van der Waals surface area (Å²) in [4.78, 5) is 4.83. The van der Waals surface area contributed by atoms with Gasteiger partial charge >= 0.3 is 0 Å². The van der Waals surface area contributed by atoms with E-state index >= 15 is 0 Å². The zero-order chi connectivity index (χ0) is 37.0. The summed E-state index contributed by atoms with van der Waals surface area (Å²) < 4.78 is 9.71. The first-order valence-electron chi connectivity index (χ1n) is 19.0. The van der Waals surface area contributed by atoms with Gasteiger partial charge in [-0.05, 0) is 57.6 Å². The van der Waals surface area contributed by atoms with Crippen molar-refractivity contribution in [2.24, 2.45) is 0 Å². The number of rotatable bonds is 6. The Balaban J connectivity index is 1.27. The highest BCUT2D eigenvalue weighted by molar-refractivity contribution is 6.20. The van der Waals surface area contributed by atoms with Gasteiger partial charge in [0.15, 0.2) is 5.58 Å². The Labute approximate surface area is 324 Å². The van der Waals surface area contributed by atoms with Crippen molar-refractivity contribution >= 4 is 43.7 Å². The maximum Gasteiger partial charge on any atom is 0.159 e. The van der Waals surface area contributed by atoms with Gasteiger partial charge in [-0.1, -0.05) is 170 Å². The summed E-state index contributed by atoms with van der Waals surface area (Å²) in [6, 6.07) is 69.0. The second kappa shape index (κ2) is 13.1. The van der Waals surface area contributed by atoms with Gasteiger partial charge in [-0.15, -0.1) is 0 Å². The van der Waals surface area contributed by atoms with E-state index in [1.807, 2.05) is 12.4 Å². The fourth-order valence-corrected chi connectivity index (χ4v) is 8.58. The molecule has 0 unspecified atom stereocenters. The number of hydrogen-bond acceptors (Lipinski definition) is 2. The van der Waals surface area contributed by atoms with E-state index in [4.69, 9.17) is 9.40 Å². The Morgan fingerprint density at radius 3 is 1.55 bits per heavy atom. The lowest BCUT2D eigenvalue weighted by Crippen LogP contribution is -1.95. The van der Waals surface area contributed by atoms with Gasteiger partial charge in [0.1, 0.15) is 5.58 Å². The molecule has 3 heteroatoms. The monoisotopic (exact) mass is 714 g/mol. The fourth-order valence-electron chi connectivity index (χ4n) is 8.58. The maximum absolute atomic E-state index is 7.32. The highest BCUT2D eigenvalue weighted by atomic mass is 16.3. The molecule has 11 rings (SSSR count). The van der Waals surface area contributed by atoms with Crippen molar-refractivity contribution in [2.45, 2.75) is 0 Å². The van der Waals surface area contributed by atoms with Gasteiger partial charge in [0.05, 0.1) is 16.7 Å². The molecular formula is C53H34N2O. The standard InChI is InChI=1S/C53H34N2O/c1-5-16-35(17-6-1)39-28-29-42-41-24-13-14-26-47(41)55(49(42)32-39)48-27-15-25-44-51-43(31-30-40(53(51)56-52(44)48)36-18-7-2-8-19-36)50-45(37-20-9-3-10-21-37)33-54-34-46(50)38-22-11-4-12-23-38/h1-34H. The lowest BCUT2D eigenvalue weighted by atomic mass is 9.86. The van der Waals surface area contributed by atoms with Gasteiger partial charge in [0.25, 0.3) is 0 Å². The molecule has 0 saturated heterocycles. The van der Waals surface area contributed by atoms with Crippen LogP contribution in [0.1, 0.15) is 0 Å². The molecule has 0 spiro atoms. The first-order chi connectivity index (χ1) is 27.8. The first-order valence-corrected chi connectivity index (χ1v) is 19.0. The van der Waals surface area contributed by atoms with Crippen LogP contribution in [0.25, 0.3) is 105 Å². The minimum absolute atomic E-state index is 0.844. The zero-order valence-corrected chi connectivity index (χ0v) is 30.4. The molecule has 0 amide bonds. The molecule has 3 aromatic heterocycles. The molecule has 3 nitrogen and oxygen atoms in total. The second-order valence-electron chi connectivity index (χ2n) is 14.3. The van der Waals surface area contributed by atoms with Crippen LogP contribution in [0.15, 0.2) is 211 Å². The van der Waals surface area contributed by atoms with Crippen LogP contribution < -0.4 is 0 Å². The quantitative estimate of drug-likeness (QED) is 0.172. The van der Waals surface area contributed by atoms with Gasteiger partial charge in [-0.3, -0.25) is 4.98 Å². The van der Waals surface area contributed by atoms with E-state index in [1.54, 1.807) is 0 Å². The predicted molar refractivity (Wildman–Crippen MR) is 233 cm³/mol. The minimum atomic E-state index is 0.844. The van der Waals surface area contributed by atoms with E-state index in [2.05, 4.69) is 199 Å². The molecule has 56 heavy (non-hydrogen) atoms. The molecule has 0 fully saturated rings. The van der Waals surface area contributed by atoms with E-state index in [-0.39, 0.29) is 0 Å². The number of aromatic nitrogens is 2. The number of hydrogen-bond donors (Lipinski definition) is 0. The summed E-state index contributed by atoms with van der Waals surface area (Å²) in [7, 11) is 0. The number of benzene rings is 8. The Morgan fingerprint density at radius 2 is 0.893 bits per heavy atom. The molecule has 0 aliphatic rings. The Hall–Kier alpha value is -7.49. The zero-order valence-electron chi connectivity index (χ0n) is 30.4. The fraction of sp³-hybridized carbons (Fsp3) is 0. The van der Waals surface area contributed by atoms with Crippen LogP contribution >= 0.6 is 0 Å². The molecule has 0 N–H and O–H groups in total.